The Labute approximate surface area is 149 Å². The van der Waals surface area contributed by atoms with Crippen LogP contribution in [-0.4, -0.2) is 48.8 Å². The number of aryl methyl sites for hydroxylation is 1. The molecule has 4 unspecified atom stereocenters. The number of amides is 1. The molecule has 4 atom stereocenters. The highest BCUT2D eigenvalue weighted by molar-refractivity contribution is 5.96. The van der Waals surface area contributed by atoms with Crippen molar-refractivity contribution >= 4 is 17.6 Å². The van der Waals surface area contributed by atoms with E-state index in [1.807, 2.05) is 17.8 Å². The van der Waals surface area contributed by atoms with Gasteiger partial charge in [-0.1, -0.05) is 0 Å². The summed E-state index contributed by atoms with van der Waals surface area (Å²) in [6, 6.07) is 0. The molecule has 1 amide bonds. The molecule has 0 aromatic carbocycles. The molecular formula is C17H21N5O4. The maximum absolute atomic E-state index is 12.6. The lowest BCUT2D eigenvalue weighted by Gasteiger charge is -2.23. The number of hydrogen-bond donors (Lipinski definition) is 2. The fourth-order valence-corrected chi connectivity index (χ4v) is 3.91. The summed E-state index contributed by atoms with van der Waals surface area (Å²) >= 11 is 0. The number of carboxylic acids is 1. The number of carbonyl (C=O) groups is 2. The van der Waals surface area contributed by atoms with Crippen LogP contribution in [0.4, 0.5) is 5.69 Å². The van der Waals surface area contributed by atoms with Gasteiger partial charge in [0.1, 0.15) is 0 Å². The highest BCUT2D eigenvalue weighted by Crippen LogP contribution is 2.44. The van der Waals surface area contributed by atoms with E-state index in [2.05, 4.69) is 15.5 Å². The standard InChI is InChI=1S/C17H21N5O4/c1-2-21-7-10(5-18-21)8-22-9-11(6-19-22)20-16(23)14-12-3-4-13(26-12)15(14)17(24)25/h5-7,9,12-15H,2-4,8H2,1H3,(H,20,23)(H,24,25). The van der Waals surface area contributed by atoms with Gasteiger partial charge in [0.05, 0.1) is 48.7 Å². The Balaban J connectivity index is 1.42. The number of carboxylic acid groups (broad SMARTS) is 1. The molecule has 2 aromatic rings. The van der Waals surface area contributed by atoms with Crippen molar-refractivity contribution in [1.29, 1.82) is 0 Å². The van der Waals surface area contributed by atoms with Crippen LogP contribution in [0.15, 0.2) is 24.8 Å². The van der Waals surface area contributed by atoms with E-state index in [0.717, 1.165) is 18.5 Å². The lowest BCUT2D eigenvalue weighted by molar-refractivity contribution is -0.147. The predicted octanol–water partition coefficient (Wildman–Crippen LogP) is 0.964. The fraction of sp³-hybridized carbons (Fsp3) is 0.529. The summed E-state index contributed by atoms with van der Waals surface area (Å²) in [5, 5.41) is 20.7. The molecule has 2 saturated heterocycles. The fourth-order valence-electron chi connectivity index (χ4n) is 3.91. The molecule has 26 heavy (non-hydrogen) atoms. The Morgan fingerprint density at radius 1 is 1.19 bits per heavy atom. The maximum atomic E-state index is 12.6. The minimum absolute atomic E-state index is 0.309. The first kappa shape index (κ1) is 16.8. The van der Waals surface area contributed by atoms with Gasteiger partial charge in [0.25, 0.3) is 0 Å². The first-order valence-corrected chi connectivity index (χ1v) is 8.78. The number of nitrogens with one attached hydrogen (secondary N) is 1. The predicted molar refractivity (Wildman–Crippen MR) is 90.4 cm³/mol. The van der Waals surface area contributed by atoms with Gasteiger partial charge in [-0.15, -0.1) is 0 Å². The van der Waals surface area contributed by atoms with Crippen LogP contribution in [0.3, 0.4) is 0 Å². The van der Waals surface area contributed by atoms with E-state index in [-0.39, 0.29) is 18.1 Å². The molecule has 2 bridgehead atoms. The third-order valence-corrected chi connectivity index (χ3v) is 5.12. The lowest BCUT2D eigenvalue weighted by Crippen LogP contribution is -2.40. The maximum Gasteiger partial charge on any atom is 0.310 e. The van der Waals surface area contributed by atoms with Crippen molar-refractivity contribution in [3.05, 3.63) is 30.4 Å². The molecule has 4 rings (SSSR count). The lowest BCUT2D eigenvalue weighted by atomic mass is 9.78. The SMILES string of the molecule is CCn1cc(Cn2cc(NC(=O)C3C4CCC(O4)C3C(=O)O)cn2)cn1. The summed E-state index contributed by atoms with van der Waals surface area (Å²) in [6.45, 7) is 3.36. The molecule has 4 heterocycles. The van der Waals surface area contributed by atoms with Crippen LogP contribution in [0.5, 0.6) is 0 Å². The number of hydrogen-bond acceptors (Lipinski definition) is 5. The topological polar surface area (TPSA) is 111 Å². The van der Waals surface area contributed by atoms with Crippen molar-refractivity contribution in [1.82, 2.24) is 19.6 Å². The van der Waals surface area contributed by atoms with Gasteiger partial charge >= 0.3 is 5.97 Å². The summed E-state index contributed by atoms with van der Waals surface area (Å²) in [7, 11) is 0. The van der Waals surface area contributed by atoms with Crippen LogP contribution < -0.4 is 5.32 Å². The zero-order chi connectivity index (χ0) is 18.3. The summed E-state index contributed by atoms with van der Waals surface area (Å²) in [6.07, 6.45) is 7.79. The van der Waals surface area contributed by atoms with Crippen LogP contribution >= 0.6 is 0 Å². The van der Waals surface area contributed by atoms with Crippen LogP contribution in [-0.2, 0) is 27.4 Å². The largest absolute Gasteiger partial charge is 0.481 e. The molecule has 138 valence electrons. The molecule has 2 aliphatic rings. The average Bonchev–Trinajstić information content (AvgIpc) is 3.38. The Morgan fingerprint density at radius 3 is 2.62 bits per heavy atom. The molecular weight excluding hydrogens is 338 g/mol. The minimum atomic E-state index is -0.971. The van der Waals surface area contributed by atoms with Gasteiger partial charge in [0.15, 0.2) is 0 Å². The first-order valence-electron chi connectivity index (χ1n) is 8.78. The van der Waals surface area contributed by atoms with E-state index in [0.29, 0.717) is 18.7 Å². The summed E-state index contributed by atoms with van der Waals surface area (Å²) in [5.74, 6) is -2.72. The van der Waals surface area contributed by atoms with Gasteiger partial charge in [0.2, 0.25) is 5.91 Å². The molecule has 2 aliphatic heterocycles. The molecule has 2 N–H and O–H groups in total. The molecule has 9 nitrogen and oxygen atoms in total. The van der Waals surface area contributed by atoms with Gasteiger partial charge < -0.3 is 15.2 Å². The molecule has 2 fully saturated rings. The summed E-state index contributed by atoms with van der Waals surface area (Å²) in [5.41, 5.74) is 1.56. The first-order chi connectivity index (χ1) is 12.5. The Kier molecular flexibility index (Phi) is 4.23. The van der Waals surface area contributed by atoms with E-state index in [1.165, 1.54) is 0 Å². The second kappa shape index (κ2) is 6.56. The molecule has 0 aliphatic carbocycles. The van der Waals surface area contributed by atoms with Crippen LogP contribution in [0.2, 0.25) is 0 Å². The minimum Gasteiger partial charge on any atom is -0.481 e. The average molecular weight is 359 g/mol. The number of aromatic nitrogens is 4. The number of fused-ring (bicyclic) bond motifs is 2. The van der Waals surface area contributed by atoms with E-state index >= 15 is 0 Å². The number of ether oxygens (including phenoxy) is 1. The van der Waals surface area contributed by atoms with Crippen LogP contribution in [0.1, 0.15) is 25.3 Å². The number of nitrogens with zero attached hydrogens (tertiary/aromatic N) is 4. The third-order valence-electron chi connectivity index (χ3n) is 5.12. The van der Waals surface area contributed by atoms with Crippen molar-refractivity contribution in [2.24, 2.45) is 11.8 Å². The third kappa shape index (κ3) is 2.98. The van der Waals surface area contributed by atoms with Crippen molar-refractivity contribution in [3.8, 4) is 0 Å². The number of aliphatic carboxylic acids is 1. The van der Waals surface area contributed by atoms with Gasteiger partial charge in [-0.3, -0.25) is 19.0 Å². The highest BCUT2D eigenvalue weighted by Gasteiger charge is 2.55. The van der Waals surface area contributed by atoms with Gasteiger partial charge in [-0.05, 0) is 19.8 Å². The van der Waals surface area contributed by atoms with Crippen molar-refractivity contribution < 1.29 is 19.4 Å². The van der Waals surface area contributed by atoms with E-state index < -0.39 is 17.8 Å². The zero-order valence-corrected chi connectivity index (χ0v) is 14.4. The van der Waals surface area contributed by atoms with Gasteiger partial charge in [-0.2, -0.15) is 10.2 Å². The number of carbonyl (C=O) groups excluding carboxylic acids is 1. The smallest absolute Gasteiger partial charge is 0.310 e. The van der Waals surface area contributed by atoms with Crippen LogP contribution in [0, 0.1) is 11.8 Å². The quantitative estimate of drug-likeness (QED) is 0.795. The molecule has 2 aromatic heterocycles. The molecule has 0 radical (unpaired) electrons. The zero-order valence-electron chi connectivity index (χ0n) is 14.4. The normalized spacial score (nSPS) is 27.0. The monoisotopic (exact) mass is 359 g/mol. The Morgan fingerprint density at radius 2 is 1.92 bits per heavy atom. The number of rotatable bonds is 6. The van der Waals surface area contributed by atoms with Crippen molar-refractivity contribution in [2.45, 2.75) is 45.1 Å². The van der Waals surface area contributed by atoms with E-state index in [1.54, 1.807) is 23.3 Å². The summed E-state index contributed by atoms with van der Waals surface area (Å²) < 4.78 is 9.19. The van der Waals surface area contributed by atoms with Crippen molar-refractivity contribution in [3.63, 3.8) is 0 Å². The second-order valence-corrected chi connectivity index (χ2v) is 6.80. The summed E-state index contributed by atoms with van der Waals surface area (Å²) in [4.78, 5) is 24.1. The van der Waals surface area contributed by atoms with E-state index in [9.17, 15) is 14.7 Å². The van der Waals surface area contributed by atoms with Gasteiger partial charge in [0, 0.05) is 24.5 Å². The van der Waals surface area contributed by atoms with Crippen LogP contribution in [0.25, 0.3) is 0 Å². The van der Waals surface area contributed by atoms with Crippen molar-refractivity contribution in [2.75, 3.05) is 5.32 Å². The molecule has 9 heteroatoms. The van der Waals surface area contributed by atoms with E-state index in [4.69, 9.17) is 4.74 Å². The second-order valence-electron chi connectivity index (χ2n) is 6.80. The Hall–Kier alpha value is -2.68. The highest BCUT2D eigenvalue weighted by atomic mass is 16.5. The molecule has 0 saturated carbocycles. The van der Waals surface area contributed by atoms with Gasteiger partial charge in [-0.25, -0.2) is 0 Å². The molecule has 0 spiro atoms. The Bertz CT molecular complexity index is 829. The number of anilines is 1.